The maximum Gasteiger partial charge on any atom is 0.340 e. The van der Waals surface area contributed by atoms with Gasteiger partial charge in [0.25, 0.3) is 5.91 Å². The first-order chi connectivity index (χ1) is 14.6. The topological polar surface area (TPSA) is 115 Å². The van der Waals surface area contributed by atoms with Gasteiger partial charge >= 0.3 is 6.01 Å². The lowest BCUT2D eigenvalue weighted by atomic mass is 10.2. The molecule has 0 unspecified atom stereocenters. The van der Waals surface area contributed by atoms with E-state index in [4.69, 9.17) is 9.26 Å². The molecule has 0 saturated heterocycles. The number of anilines is 1. The molecule has 1 aromatic carbocycles. The molecule has 3 aromatic heterocycles. The summed E-state index contributed by atoms with van der Waals surface area (Å²) < 4.78 is 10.7. The summed E-state index contributed by atoms with van der Waals surface area (Å²) in [6.07, 6.45) is 3.37. The molecular weight excluding hydrogens is 404 g/mol. The lowest BCUT2D eigenvalue weighted by Crippen LogP contribution is -2.29. The van der Waals surface area contributed by atoms with Crippen LogP contribution < -0.4 is 15.6 Å². The molecule has 0 fully saturated rings. The largest absolute Gasteiger partial charge is 0.491 e. The molecule has 30 heavy (non-hydrogen) atoms. The highest BCUT2D eigenvalue weighted by Gasteiger charge is 2.14. The molecule has 9 nitrogen and oxygen atoms in total. The fourth-order valence-electron chi connectivity index (χ4n) is 2.53. The Hall–Kier alpha value is -3.79. The average molecular weight is 422 g/mol. The number of carbonyl (C=O) groups is 1. The van der Waals surface area contributed by atoms with E-state index in [9.17, 15) is 4.79 Å². The van der Waals surface area contributed by atoms with E-state index < -0.39 is 5.91 Å². The van der Waals surface area contributed by atoms with Gasteiger partial charge in [0.2, 0.25) is 5.82 Å². The SMILES string of the molecule is CC(C)Oc1ccc(-c2nc(C(=O)NNc3nc(-c4ccncc4)no3)cs2)cc1. The Bertz CT molecular complexity index is 1120. The van der Waals surface area contributed by atoms with Crippen LogP contribution in [0.1, 0.15) is 24.3 Å². The van der Waals surface area contributed by atoms with Gasteiger partial charge in [0.05, 0.1) is 6.10 Å². The number of ether oxygens (including phenoxy) is 1. The minimum atomic E-state index is -0.416. The van der Waals surface area contributed by atoms with Crippen molar-refractivity contribution in [2.24, 2.45) is 0 Å². The van der Waals surface area contributed by atoms with Gasteiger partial charge in [-0.05, 0) is 50.2 Å². The molecule has 10 heteroatoms. The number of rotatable bonds is 7. The highest BCUT2D eigenvalue weighted by Crippen LogP contribution is 2.26. The molecule has 0 spiro atoms. The third-order valence-electron chi connectivity index (χ3n) is 3.86. The minimum absolute atomic E-state index is 0.0614. The molecule has 0 aliphatic carbocycles. The molecule has 0 saturated carbocycles. The van der Waals surface area contributed by atoms with Gasteiger partial charge in [-0.25, -0.2) is 10.4 Å². The number of pyridine rings is 1. The predicted octanol–water partition coefficient (Wildman–Crippen LogP) is 3.80. The van der Waals surface area contributed by atoms with Crippen molar-refractivity contribution in [3.05, 3.63) is 59.9 Å². The zero-order valence-corrected chi connectivity index (χ0v) is 17.0. The lowest BCUT2D eigenvalue weighted by Gasteiger charge is -2.09. The number of nitrogens with one attached hydrogen (secondary N) is 2. The van der Waals surface area contributed by atoms with Crippen molar-refractivity contribution in [2.75, 3.05) is 5.43 Å². The van der Waals surface area contributed by atoms with Crippen molar-refractivity contribution in [3.8, 4) is 27.7 Å². The van der Waals surface area contributed by atoms with Crippen molar-refractivity contribution in [1.29, 1.82) is 0 Å². The van der Waals surface area contributed by atoms with E-state index in [1.807, 2.05) is 38.1 Å². The van der Waals surface area contributed by atoms with Crippen LogP contribution in [0.15, 0.2) is 58.7 Å². The first kappa shape index (κ1) is 19.5. The summed E-state index contributed by atoms with van der Waals surface area (Å²) in [5.41, 5.74) is 7.04. The summed E-state index contributed by atoms with van der Waals surface area (Å²) >= 11 is 1.38. The van der Waals surface area contributed by atoms with E-state index in [2.05, 4.69) is 31.0 Å². The van der Waals surface area contributed by atoms with Crippen LogP contribution >= 0.6 is 11.3 Å². The van der Waals surface area contributed by atoms with E-state index in [1.165, 1.54) is 11.3 Å². The molecular formula is C20H18N6O3S. The Morgan fingerprint density at radius 1 is 1.07 bits per heavy atom. The molecule has 0 radical (unpaired) electrons. The monoisotopic (exact) mass is 422 g/mol. The van der Waals surface area contributed by atoms with Gasteiger partial charge in [-0.2, -0.15) is 4.98 Å². The molecule has 0 aliphatic rings. The van der Waals surface area contributed by atoms with Crippen LogP contribution in [-0.4, -0.2) is 32.1 Å². The van der Waals surface area contributed by atoms with Crippen LogP contribution in [0.2, 0.25) is 0 Å². The molecule has 3 heterocycles. The molecule has 0 atom stereocenters. The van der Waals surface area contributed by atoms with Gasteiger partial charge in [0.1, 0.15) is 16.5 Å². The third-order valence-corrected chi connectivity index (χ3v) is 4.75. The Morgan fingerprint density at radius 2 is 1.83 bits per heavy atom. The molecule has 1 amide bonds. The molecule has 2 N–H and O–H groups in total. The van der Waals surface area contributed by atoms with E-state index in [0.29, 0.717) is 5.82 Å². The Labute approximate surface area is 176 Å². The quantitative estimate of drug-likeness (QED) is 0.432. The second-order valence-corrected chi connectivity index (χ2v) is 7.33. The first-order valence-electron chi connectivity index (χ1n) is 9.11. The van der Waals surface area contributed by atoms with Gasteiger partial charge in [0.15, 0.2) is 0 Å². The van der Waals surface area contributed by atoms with Crippen LogP contribution in [0.25, 0.3) is 22.0 Å². The van der Waals surface area contributed by atoms with Crippen molar-refractivity contribution in [2.45, 2.75) is 20.0 Å². The lowest BCUT2D eigenvalue weighted by molar-refractivity contribution is 0.0957. The van der Waals surface area contributed by atoms with Gasteiger partial charge < -0.3 is 9.26 Å². The fraction of sp³-hybridized carbons (Fsp3) is 0.150. The normalized spacial score (nSPS) is 10.8. The van der Waals surface area contributed by atoms with Crippen molar-refractivity contribution in [3.63, 3.8) is 0 Å². The standard InChI is InChI=1S/C20H18N6O3S/c1-12(2)28-15-5-3-14(4-6-15)19-22-16(11-30-19)18(27)24-25-20-23-17(26-29-20)13-7-9-21-10-8-13/h3-12H,1-2H3,(H,24,27)(H,23,25,26). The highest BCUT2D eigenvalue weighted by molar-refractivity contribution is 7.13. The summed E-state index contributed by atoms with van der Waals surface area (Å²) in [5.74, 6) is 0.758. The highest BCUT2D eigenvalue weighted by atomic mass is 32.1. The molecule has 4 rings (SSSR count). The van der Waals surface area contributed by atoms with Crippen molar-refractivity contribution in [1.82, 2.24) is 25.5 Å². The number of hydrogen-bond donors (Lipinski definition) is 2. The van der Waals surface area contributed by atoms with E-state index >= 15 is 0 Å². The van der Waals surface area contributed by atoms with Crippen LogP contribution in [0, 0.1) is 0 Å². The Morgan fingerprint density at radius 3 is 2.57 bits per heavy atom. The number of carbonyl (C=O) groups excluding carboxylic acids is 1. The zero-order valence-electron chi connectivity index (χ0n) is 16.2. The van der Waals surface area contributed by atoms with Crippen LogP contribution in [0.5, 0.6) is 5.75 Å². The second-order valence-electron chi connectivity index (χ2n) is 6.47. The molecule has 0 bridgehead atoms. The van der Waals surface area contributed by atoms with E-state index in [1.54, 1.807) is 29.9 Å². The Balaban J connectivity index is 1.37. The molecule has 4 aromatic rings. The average Bonchev–Trinajstić information content (AvgIpc) is 3.43. The number of aromatic nitrogens is 4. The number of amides is 1. The third kappa shape index (κ3) is 4.61. The summed E-state index contributed by atoms with van der Waals surface area (Å²) in [7, 11) is 0. The number of hydrazine groups is 1. The van der Waals surface area contributed by atoms with Gasteiger partial charge in [-0.15, -0.1) is 11.3 Å². The smallest absolute Gasteiger partial charge is 0.340 e. The maximum atomic E-state index is 12.4. The zero-order chi connectivity index (χ0) is 20.9. The number of thiazole rings is 1. The Kier molecular flexibility index (Phi) is 5.66. The van der Waals surface area contributed by atoms with Crippen LogP contribution in [0.4, 0.5) is 6.01 Å². The molecule has 152 valence electrons. The van der Waals surface area contributed by atoms with E-state index in [0.717, 1.165) is 21.9 Å². The number of nitrogens with zero attached hydrogens (tertiary/aromatic N) is 4. The van der Waals surface area contributed by atoms with Crippen LogP contribution in [0.3, 0.4) is 0 Å². The van der Waals surface area contributed by atoms with Gasteiger partial charge in [0, 0.05) is 28.9 Å². The molecule has 0 aliphatic heterocycles. The summed E-state index contributed by atoms with van der Waals surface area (Å²) in [6.45, 7) is 3.95. The van der Waals surface area contributed by atoms with Crippen molar-refractivity contribution < 1.29 is 14.1 Å². The summed E-state index contributed by atoms with van der Waals surface area (Å²) in [5, 5.41) is 6.27. The predicted molar refractivity (Wildman–Crippen MR) is 112 cm³/mol. The summed E-state index contributed by atoms with van der Waals surface area (Å²) in [4.78, 5) is 24.9. The number of benzene rings is 1. The minimum Gasteiger partial charge on any atom is -0.491 e. The summed E-state index contributed by atoms with van der Waals surface area (Å²) in [6, 6.07) is 11.2. The van der Waals surface area contributed by atoms with Gasteiger partial charge in [-0.1, -0.05) is 5.16 Å². The fourth-order valence-corrected chi connectivity index (χ4v) is 3.33. The number of hydrogen-bond acceptors (Lipinski definition) is 9. The van der Waals surface area contributed by atoms with Crippen LogP contribution in [-0.2, 0) is 0 Å². The van der Waals surface area contributed by atoms with E-state index in [-0.39, 0.29) is 17.8 Å². The second kappa shape index (κ2) is 8.70. The van der Waals surface area contributed by atoms with Gasteiger partial charge in [-0.3, -0.25) is 15.2 Å². The maximum absolute atomic E-state index is 12.4. The van der Waals surface area contributed by atoms with Crippen molar-refractivity contribution >= 4 is 23.3 Å². The first-order valence-corrected chi connectivity index (χ1v) is 9.99.